The molecule has 16 heavy (non-hydrogen) atoms. The van der Waals surface area contributed by atoms with Crippen LogP contribution in [0.5, 0.6) is 11.5 Å². The highest BCUT2D eigenvalue weighted by atomic mass is 16.5. The molecular formula is C14H13O2. The van der Waals surface area contributed by atoms with Gasteiger partial charge in [0.2, 0.25) is 0 Å². The molecule has 2 nitrogen and oxygen atoms in total. The largest absolute Gasteiger partial charge is 0.497 e. The summed E-state index contributed by atoms with van der Waals surface area (Å²) in [5, 5.41) is 0. The van der Waals surface area contributed by atoms with Gasteiger partial charge in [0, 0.05) is 6.07 Å². The Labute approximate surface area is 95.4 Å². The van der Waals surface area contributed by atoms with Gasteiger partial charge in [-0.05, 0) is 29.3 Å². The van der Waals surface area contributed by atoms with E-state index in [1.165, 1.54) is 0 Å². The zero-order valence-corrected chi connectivity index (χ0v) is 9.36. The Kier molecular flexibility index (Phi) is 3.10. The summed E-state index contributed by atoms with van der Waals surface area (Å²) in [6.07, 6.45) is 0. The monoisotopic (exact) mass is 213 g/mol. The van der Waals surface area contributed by atoms with Crippen LogP contribution in [0.2, 0.25) is 0 Å². The molecule has 81 valence electrons. The van der Waals surface area contributed by atoms with E-state index < -0.39 is 0 Å². The minimum atomic E-state index is 0.784. The number of hydrogen-bond donors (Lipinski definition) is 0. The van der Waals surface area contributed by atoms with Crippen molar-refractivity contribution in [3.05, 3.63) is 48.5 Å². The lowest BCUT2D eigenvalue weighted by atomic mass is 10.1. The van der Waals surface area contributed by atoms with Crippen molar-refractivity contribution < 1.29 is 9.47 Å². The number of ether oxygens (including phenoxy) is 2. The number of rotatable bonds is 3. The van der Waals surface area contributed by atoms with Crippen LogP contribution in [-0.2, 0) is 0 Å². The summed E-state index contributed by atoms with van der Waals surface area (Å²) in [5.41, 5.74) is 2.07. The smallest absolute Gasteiger partial charge is 0.123 e. The first kappa shape index (κ1) is 10.6. The second kappa shape index (κ2) is 4.71. The molecule has 0 heterocycles. The Balaban J connectivity index is 2.48. The maximum absolute atomic E-state index is 5.22. The lowest BCUT2D eigenvalue weighted by Gasteiger charge is -2.08. The van der Waals surface area contributed by atoms with Gasteiger partial charge in [-0.2, -0.15) is 0 Å². The standard InChI is InChI=1S/C14H13O2/c1-15-13-8-12(9-14(10-13)16-2)11-6-4-3-5-7-11/h3-6,8-10H,1-2H3. The molecule has 0 unspecified atom stereocenters. The van der Waals surface area contributed by atoms with E-state index in [0.29, 0.717) is 0 Å². The summed E-state index contributed by atoms with van der Waals surface area (Å²) in [7, 11) is 3.29. The van der Waals surface area contributed by atoms with Crippen molar-refractivity contribution in [3.63, 3.8) is 0 Å². The van der Waals surface area contributed by atoms with Gasteiger partial charge in [-0.15, -0.1) is 0 Å². The molecule has 0 fully saturated rings. The maximum atomic E-state index is 5.22. The van der Waals surface area contributed by atoms with Gasteiger partial charge in [0.05, 0.1) is 14.2 Å². The average Bonchev–Trinajstić information content (AvgIpc) is 2.39. The first-order valence-electron chi connectivity index (χ1n) is 5.03. The summed E-state index contributed by atoms with van der Waals surface area (Å²) in [6, 6.07) is 16.8. The van der Waals surface area contributed by atoms with Crippen molar-refractivity contribution in [2.75, 3.05) is 14.2 Å². The maximum Gasteiger partial charge on any atom is 0.123 e. The quantitative estimate of drug-likeness (QED) is 0.779. The normalized spacial score (nSPS) is 9.88. The number of methoxy groups -OCH3 is 2. The van der Waals surface area contributed by atoms with Crippen LogP contribution in [0.4, 0.5) is 0 Å². The van der Waals surface area contributed by atoms with Crippen molar-refractivity contribution in [3.8, 4) is 22.6 Å². The molecule has 2 heteroatoms. The Morgan fingerprint density at radius 1 is 0.938 bits per heavy atom. The molecular weight excluding hydrogens is 200 g/mol. The van der Waals surface area contributed by atoms with Crippen LogP contribution in [0.1, 0.15) is 0 Å². The van der Waals surface area contributed by atoms with E-state index in [0.717, 1.165) is 22.6 Å². The second-order valence-electron chi connectivity index (χ2n) is 3.38. The molecule has 0 aliphatic heterocycles. The van der Waals surface area contributed by atoms with E-state index in [9.17, 15) is 0 Å². The zero-order chi connectivity index (χ0) is 11.4. The highest BCUT2D eigenvalue weighted by Crippen LogP contribution is 2.29. The molecule has 2 aromatic carbocycles. The SMILES string of the molecule is COc1cc(OC)cc(-c2[c]cccc2)c1. The molecule has 0 spiro atoms. The summed E-state index contributed by atoms with van der Waals surface area (Å²) < 4.78 is 10.4. The summed E-state index contributed by atoms with van der Waals surface area (Å²) in [5.74, 6) is 1.57. The fourth-order valence-corrected chi connectivity index (χ4v) is 1.54. The minimum Gasteiger partial charge on any atom is -0.497 e. The van der Waals surface area contributed by atoms with Gasteiger partial charge < -0.3 is 9.47 Å². The molecule has 2 rings (SSSR count). The molecule has 2 aromatic rings. The molecule has 0 bridgehead atoms. The molecule has 0 aliphatic rings. The lowest BCUT2D eigenvalue weighted by molar-refractivity contribution is 0.394. The fraction of sp³-hybridized carbons (Fsp3) is 0.143. The van der Waals surface area contributed by atoms with Gasteiger partial charge in [-0.25, -0.2) is 0 Å². The molecule has 0 saturated heterocycles. The fourth-order valence-electron chi connectivity index (χ4n) is 1.54. The molecule has 0 saturated carbocycles. The highest BCUT2D eigenvalue weighted by Gasteiger charge is 2.03. The van der Waals surface area contributed by atoms with Gasteiger partial charge in [0.1, 0.15) is 11.5 Å². The highest BCUT2D eigenvalue weighted by molar-refractivity contribution is 5.66. The number of benzene rings is 2. The molecule has 0 amide bonds. The Morgan fingerprint density at radius 2 is 1.62 bits per heavy atom. The summed E-state index contributed by atoms with van der Waals surface area (Å²) in [6.45, 7) is 0. The van der Waals surface area contributed by atoms with Crippen LogP contribution >= 0.6 is 0 Å². The number of hydrogen-bond acceptors (Lipinski definition) is 2. The molecule has 0 aromatic heterocycles. The second-order valence-corrected chi connectivity index (χ2v) is 3.38. The molecule has 0 atom stereocenters. The zero-order valence-electron chi connectivity index (χ0n) is 9.36. The van der Waals surface area contributed by atoms with E-state index in [2.05, 4.69) is 6.07 Å². The third-order valence-corrected chi connectivity index (χ3v) is 2.37. The lowest BCUT2D eigenvalue weighted by Crippen LogP contribution is -1.88. The molecule has 0 aliphatic carbocycles. The van der Waals surface area contributed by atoms with Crippen LogP contribution in [0.3, 0.4) is 0 Å². The Hall–Kier alpha value is -1.96. The summed E-state index contributed by atoms with van der Waals surface area (Å²) in [4.78, 5) is 0. The van der Waals surface area contributed by atoms with Crippen LogP contribution in [0.15, 0.2) is 42.5 Å². The summed E-state index contributed by atoms with van der Waals surface area (Å²) >= 11 is 0. The van der Waals surface area contributed by atoms with Crippen LogP contribution < -0.4 is 9.47 Å². The third kappa shape index (κ3) is 2.16. The van der Waals surface area contributed by atoms with Crippen LogP contribution in [-0.4, -0.2) is 14.2 Å². The first-order chi connectivity index (χ1) is 7.83. The van der Waals surface area contributed by atoms with Crippen LogP contribution in [0, 0.1) is 6.07 Å². The Morgan fingerprint density at radius 3 is 2.12 bits per heavy atom. The van der Waals surface area contributed by atoms with E-state index in [-0.39, 0.29) is 0 Å². The van der Waals surface area contributed by atoms with Crippen molar-refractivity contribution >= 4 is 0 Å². The first-order valence-corrected chi connectivity index (χ1v) is 5.03. The van der Waals surface area contributed by atoms with E-state index in [4.69, 9.17) is 9.47 Å². The Bertz CT molecular complexity index is 441. The average molecular weight is 213 g/mol. The van der Waals surface area contributed by atoms with Crippen molar-refractivity contribution in [1.29, 1.82) is 0 Å². The van der Waals surface area contributed by atoms with E-state index in [1.807, 2.05) is 42.5 Å². The van der Waals surface area contributed by atoms with E-state index in [1.54, 1.807) is 14.2 Å². The van der Waals surface area contributed by atoms with Gasteiger partial charge in [-0.1, -0.05) is 24.3 Å². The van der Waals surface area contributed by atoms with Gasteiger partial charge >= 0.3 is 0 Å². The molecule has 1 radical (unpaired) electrons. The van der Waals surface area contributed by atoms with Gasteiger partial charge in [0.25, 0.3) is 0 Å². The minimum absolute atomic E-state index is 0.784. The topological polar surface area (TPSA) is 18.5 Å². The van der Waals surface area contributed by atoms with E-state index >= 15 is 0 Å². The van der Waals surface area contributed by atoms with Crippen LogP contribution in [0.25, 0.3) is 11.1 Å². The van der Waals surface area contributed by atoms with Crippen molar-refractivity contribution in [2.24, 2.45) is 0 Å². The predicted molar refractivity (Wildman–Crippen MR) is 63.8 cm³/mol. The van der Waals surface area contributed by atoms with Crippen molar-refractivity contribution in [2.45, 2.75) is 0 Å². The van der Waals surface area contributed by atoms with Gasteiger partial charge in [0.15, 0.2) is 0 Å². The van der Waals surface area contributed by atoms with Gasteiger partial charge in [-0.3, -0.25) is 0 Å². The predicted octanol–water partition coefficient (Wildman–Crippen LogP) is 3.17. The third-order valence-electron chi connectivity index (χ3n) is 2.37. The molecule has 0 N–H and O–H groups in total. The van der Waals surface area contributed by atoms with Crippen molar-refractivity contribution in [1.82, 2.24) is 0 Å².